The Balaban J connectivity index is 2.42. The first-order valence-electron chi connectivity index (χ1n) is 6.57. The Kier molecular flexibility index (Phi) is 3.79. The first kappa shape index (κ1) is 14.2. The standard InChI is InChI=1S/C16H14Cl2N2O/c1-10(17)16-19-12-7-5-6-11(18)15(12)20(16)13-8-3-4-9-14(13)21-2/h3-10H,1-2H3. The number of aromatic nitrogens is 2. The lowest BCUT2D eigenvalue weighted by atomic mass is 10.2. The van der Waals surface area contributed by atoms with Crippen LogP contribution >= 0.6 is 23.2 Å². The average Bonchev–Trinajstić information content (AvgIpc) is 2.88. The minimum absolute atomic E-state index is 0.252. The van der Waals surface area contributed by atoms with Crippen molar-refractivity contribution in [2.75, 3.05) is 7.11 Å². The van der Waals surface area contributed by atoms with Crippen LogP contribution in [0.1, 0.15) is 18.1 Å². The van der Waals surface area contributed by atoms with E-state index in [1.165, 1.54) is 0 Å². The Labute approximate surface area is 133 Å². The number of para-hydroxylation sites is 3. The van der Waals surface area contributed by atoms with Crippen LogP contribution in [-0.4, -0.2) is 16.7 Å². The van der Waals surface area contributed by atoms with Gasteiger partial charge >= 0.3 is 0 Å². The van der Waals surface area contributed by atoms with Gasteiger partial charge in [-0.3, -0.25) is 4.57 Å². The van der Waals surface area contributed by atoms with E-state index in [2.05, 4.69) is 4.98 Å². The number of nitrogens with zero attached hydrogens (tertiary/aromatic N) is 2. The van der Waals surface area contributed by atoms with Crippen LogP contribution in [0.15, 0.2) is 42.5 Å². The van der Waals surface area contributed by atoms with E-state index in [1.807, 2.05) is 54.0 Å². The second-order valence-corrected chi connectivity index (χ2v) is 5.76. The third kappa shape index (κ3) is 2.37. The van der Waals surface area contributed by atoms with Crippen molar-refractivity contribution in [1.29, 1.82) is 0 Å². The summed E-state index contributed by atoms with van der Waals surface area (Å²) in [5.74, 6) is 1.49. The molecule has 3 aromatic rings. The highest BCUT2D eigenvalue weighted by atomic mass is 35.5. The quantitative estimate of drug-likeness (QED) is 0.636. The van der Waals surface area contributed by atoms with Crippen LogP contribution < -0.4 is 4.74 Å². The summed E-state index contributed by atoms with van der Waals surface area (Å²) in [4.78, 5) is 4.62. The van der Waals surface area contributed by atoms with Crippen molar-refractivity contribution in [2.24, 2.45) is 0 Å². The van der Waals surface area contributed by atoms with E-state index >= 15 is 0 Å². The van der Waals surface area contributed by atoms with Crippen molar-refractivity contribution in [3.63, 3.8) is 0 Å². The molecule has 3 nitrogen and oxygen atoms in total. The molecule has 108 valence electrons. The number of hydrogen-bond donors (Lipinski definition) is 0. The molecule has 2 aromatic carbocycles. The molecular weight excluding hydrogens is 307 g/mol. The highest BCUT2D eigenvalue weighted by Crippen LogP contribution is 2.35. The number of methoxy groups -OCH3 is 1. The number of imidazole rings is 1. The zero-order chi connectivity index (χ0) is 15.0. The van der Waals surface area contributed by atoms with Crippen molar-refractivity contribution >= 4 is 34.2 Å². The molecule has 0 saturated carbocycles. The first-order chi connectivity index (χ1) is 10.1. The van der Waals surface area contributed by atoms with Crippen molar-refractivity contribution in [3.05, 3.63) is 53.3 Å². The summed E-state index contributed by atoms with van der Waals surface area (Å²) in [5, 5.41) is 0.382. The van der Waals surface area contributed by atoms with Crippen molar-refractivity contribution in [3.8, 4) is 11.4 Å². The average molecular weight is 321 g/mol. The number of benzene rings is 2. The lowest BCUT2D eigenvalue weighted by Gasteiger charge is -2.14. The summed E-state index contributed by atoms with van der Waals surface area (Å²) in [6.07, 6.45) is 0. The zero-order valence-electron chi connectivity index (χ0n) is 11.7. The van der Waals surface area contributed by atoms with Crippen LogP contribution in [-0.2, 0) is 0 Å². The maximum absolute atomic E-state index is 6.38. The van der Waals surface area contributed by atoms with Crippen molar-refractivity contribution in [2.45, 2.75) is 12.3 Å². The molecule has 0 bridgehead atoms. The molecule has 0 spiro atoms. The van der Waals surface area contributed by atoms with E-state index in [1.54, 1.807) is 7.11 Å². The Morgan fingerprint density at radius 1 is 1.14 bits per heavy atom. The maximum atomic E-state index is 6.38. The van der Waals surface area contributed by atoms with Gasteiger partial charge in [-0.15, -0.1) is 11.6 Å². The molecule has 0 saturated heterocycles. The molecule has 0 aliphatic heterocycles. The Morgan fingerprint density at radius 3 is 2.62 bits per heavy atom. The first-order valence-corrected chi connectivity index (χ1v) is 7.39. The van der Waals surface area contributed by atoms with E-state index in [4.69, 9.17) is 27.9 Å². The van der Waals surface area contributed by atoms with Gasteiger partial charge in [0.15, 0.2) is 0 Å². The number of hydrogen-bond acceptors (Lipinski definition) is 2. The van der Waals surface area contributed by atoms with Crippen LogP contribution in [0.2, 0.25) is 5.02 Å². The molecule has 21 heavy (non-hydrogen) atoms. The summed E-state index contributed by atoms with van der Waals surface area (Å²) >= 11 is 12.7. The predicted octanol–water partition coefficient (Wildman–Crippen LogP) is 4.99. The Bertz CT molecular complexity index is 796. The summed E-state index contributed by atoms with van der Waals surface area (Å²) in [6.45, 7) is 1.89. The van der Waals surface area contributed by atoms with Crippen LogP contribution in [0.3, 0.4) is 0 Å². The summed E-state index contributed by atoms with van der Waals surface area (Å²) in [5.41, 5.74) is 2.53. The number of rotatable bonds is 3. The van der Waals surface area contributed by atoms with Crippen LogP contribution in [0, 0.1) is 0 Å². The Hall–Kier alpha value is -1.71. The van der Waals surface area contributed by atoms with Crippen molar-refractivity contribution in [1.82, 2.24) is 9.55 Å². The molecule has 0 aliphatic rings. The zero-order valence-corrected chi connectivity index (χ0v) is 13.2. The highest BCUT2D eigenvalue weighted by Gasteiger charge is 2.20. The van der Waals surface area contributed by atoms with E-state index < -0.39 is 0 Å². The minimum Gasteiger partial charge on any atom is -0.495 e. The van der Waals surface area contributed by atoms with Gasteiger partial charge in [-0.05, 0) is 31.2 Å². The van der Waals surface area contributed by atoms with Gasteiger partial charge in [0, 0.05) is 0 Å². The highest BCUT2D eigenvalue weighted by molar-refractivity contribution is 6.35. The van der Waals surface area contributed by atoms with Gasteiger partial charge in [-0.1, -0.05) is 29.8 Å². The van der Waals surface area contributed by atoms with Crippen molar-refractivity contribution < 1.29 is 4.74 Å². The predicted molar refractivity (Wildman–Crippen MR) is 86.9 cm³/mol. The molecule has 1 aromatic heterocycles. The van der Waals surface area contributed by atoms with Gasteiger partial charge in [0.2, 0.25) is 0 Å². The molecule has 0 fully saturated rings. The number of halogens is 2. The van der Waals surface area contributed by atoms with Gasteiger partial charge in [-0.25, -0.2) is 4.98 Å². The second kappa shape index (κ2) is 5.58. The fourth-order valence-corrected chi connectivity index (χ4v) is 2.83. The van der Waals surface area contributed by atoms with Gasteiger partial charge in [0.1, 0.15) is 11.6 Å². The molecule has 3 rings (SSSR count). The fraction of sp³-hybridized carbons (Fsp3) is 0.188. The van der Waals surface area contributed by atoms with Gasteiger partial charge < -0.3 is 4.74 Å². The van der Waals surface area contributed by atoms with E-state index in [9.17, 15) is 0 Å². The van der Waals surface area contributed by atoms with Crippen LogP contribution in [0.4, 0.5) is 0 Å². The summed E-state index contributed by atoms with van der Waals surface area (Å²) < 4.78 is 7.42. The normalized spacial score (nSPS) is 12.6. The van der Waals surface area contributed by atoms with E-state index in [-0.39, 0.29) is 5.38 Å². The third-order valence-corrected chi connectivity index (χ3v) is 3.84. The van der Waals surface area contributed by atoms with Crippen LogP contribution in [0.25, 0.3) is 16.7 Å². The number of fused-ring (bicyclic) bond motifs is 1. The molecule has 1 atom stereocenters. The smallest absolute Gasteiger partial charge is 0.142 e. The maximum Gasteiger partial charge on any atom is 0.142 e. The molecule has 0 radical (unpaired) electrons. The fourth-order valence-electron chi connectivity index (χ4n) is 2.43. The SMILES string of the molecule is COc1ccccc1-n1c(C(C)Cl)nc2cccc(Cl)c21. The summed E-state index contributed by atoms with van der Waals surface area (Å²) in [7, 11) is 1.64. The van der Waals surface area contributed by atoms with Gasteiger partial charge in [0.05, 0.1) is 34.2 Å². The monoisotopic (exact) mass is 320 g/mol. The largest absolute Gasteiger partial charge is 0.495 e. The molecule has 1 heterocycles. The molecule has 5 heteroatoms. The van der Waals surface area contributed by atoms with Gasteiger partial charge in [-0.2, -0.15) is 0 Å². The number of alkyl halides is 1. The topological polar surface area (TPSA) is 27.1 Å². The van der Waals surface area contributed by atoms with Gasteiger partial charge in [0.25, 0.3) is 0 Å². The van der Waals surface area contributed by atoms with E-state index in [0.717, 1.165) is 28.3 Å². The second-order valence-electron chi connectivity index (χ2n) is 4.70. The number of ether oxygens (including phenoxy) is 1. The molecule has 0 N–H and O–H groups in total. The molecule has 0 aliphatic carbocycles. The Morgan fingerprint density at radius 2 is 1.90 bits per heavy atom. The molecule has 1 unspecified atom stereocenters. The summed E-state index contributed by atoms with van der Waals surface area (Å²) in [6, 6.07) is 13.4. The minimum atomic E-state index is -0.252. The molecular formula is C16H14Cl2N2O. The lowest BCUT2D eigenvalue weighted by Crippen LogP contribution is -2.04. The lowest BCUT2D eigenvalue weighted by molar-refractivity contribution is 0.413. The van der Waals surface area contributed by atoms with E-state index in [0.29, 0.717) is 5.02 Å². The van der Waals surface area contributed by atoms with Crippen LogP contribution in [0.5, 0.6) is 5.75 Å². The third-order valence-electron chi connectivity index (χ3n) is 3.34. The molecule has 0 amide bonds.